The molecule has 1 saturated heterocycles. The Bertz CT molecular complexity index is 541. The summed E-state index contributed by atoms with van der Waals surface area (Å²) < 4.78 is 10.6. The van der Waals surface area contributed by atoms with E-state index in [2.05, 4.69) is 16.0 Å². The zero-order valence-electron chi connectivity index (χ0n) is 14.1. The van der Waals surface area contributed by atoms with E-state index in [1.54, 1.807) is 13.2 Å². The molecule has 1 aromatic rings. The number of halogens is 1. The van der Waals surface area contributed by atoms with Gasteiger partial charge in [-0.25, -0.2) is 0 Å². The number of aryl methyl sites for hydroxylation is 1. The fourth-order valence-corrected chi connectivity index (χ4v) is 2.69. The smallest absolute Gasteiger partial charge is 0.287 e. The summed E-state index contributed by atoms with van der Waals surface area (Å²) in [6.45, 7) is 4.34. The van der Waals surface area contributed by atoms with Gasteiger partial charge in [-0.05, 0) is 45.3 Å². The van der Waals surface area contributed by atoms with Crippen LogP contribution in [0.3, 0.4) is 0 Å². The highest BCUT2D eigenvalue weighted by Gasteiger charge is 2.39. The normalized spacial score (nSPS) is 16.1. The van der Waals surface area contributed by atoms with Crippen LogP contribution >= 0.6 is 12.4 Å². The van der Waals surface area contributed by atoms with Crippen LogP contribution in [0.15, 0.2) is 16.7 Å². The first-order chi connectivity index (χ1) is 11.1. The van der Waals surface area contributed by atoms with Crippen LogP contribution in [0.5, 0.6) is 0 Å². The van der Waals surface area contributed by atoms with Crippen molar-refractivity contribution in [2.75, 3.05) is 33.3 Å². The maximum absolute atomic E-state index is 12.3. The Labute approximate surface area is 148 Å². The molecule has 0 aromatic carbocycles. The molecule has 0 saturated carbocycles. The van der Waals surface area contributed by atoms with Gasteiger partial charge in [-0.1, -0.05) is 0 Å². The lowest BCUT2D eigenvalue weighted by molar-refractivity contribution is -0.146. The lowest BCUT2D eigenvalue weighted by Crippen LogP contribution is -2.54. The van der Waals surface area contributed by atoms with Crippen LogP contribution in [-0.2, 0) is 9.53 Å². The second-order valence-electron chi connectivity index (χ2n) is 5.75. The Morgan fingerprint density at radius 2 is 1.96 bits per heavy atom. The Kier molecular flexibility index (Phi) is 8.24. The standard InChI is InChI=1S/C16H25N3O4.ClH/c1-12-4-11-23-13(12)14(20)18-7-3-8-19-15(21)16(22-2)5-9-17-10-6-16;/h4,11,17H,3,5-10H2,1-2H3,(H,18,20)(H,19,21);1H. The summed E-state index contributed by atoms with van der Waals surface area (Å²) in [5, 5.41) is 8.89. The largest absolute Gasteiger partial charge is 0.459 e. The molecule has 0 bridgehead atoms. The van der Waals surface area contributed by atoms with Gasteiger partial charge in [0.25, 0.3) is 11.8 Å². The predicted octanol–water partition coefficient (Wildman–Crippen LogP) is 1.01. The van der Waals surface area contributed by atoms with E-state index in [1.807, 2.05) is 6.92 Å². The Morgan fingerprint density at radius 3 is 2.54 bits per heavy atom. The number of ether oxygens (including phenoxy) is 1. The summed E-state index contributed by atoms with van der Waals surface area (Å²) in [4.78, 5) is 24.2. The fraction of sp³-hybridized carbons (Fsp3) is 0.625. The van der Waals surface area contributed by atoms with Crippen molar-refractivity contribution < 1.29 is 18.7 Å². The number of amides is 2. The topological polar surface area (TPSA) is 92.6 Å². The number of rotatable bonds is 7. The first-order valence-corrected chi connectivity index (χ1v) is 7.95. The lowest BCUT2D eigenvalue weighted by atomic mass is 9.91. The van der Waals surface area contributed by atoms with Gasteiger partial charge in [0.05, 0.1) is 6.26 Å². The molecule has 0 aliphatic carbocycles. The van der Waals surface area contributed by atoms with E-state index < -0.39 is 5.60 Å². The average molecular weight is 360 g/mol. The van der Waals surface area contributed by atoms with Gasteiger partial charge in [0.1, 0.15) is 5.60 Å². The van der Waals surface area contributed by atoms with Crippen LogP contribution in [0, 0.1) is 6.92 Å². The Hall–Kier alpha value is -1.57. The molecule has 0 spiro atoms. The molecule has 1 aromatic heterocycles. The van der Waals surface area contributed by atoms with E-state index in [0.29, 0.717) is 38.1 Å². The van der Waals surface area contributed by atoms with Gasteiger partial charge in [-0.15, -0.1) is 12.4 Å². The molecule has 1 aliphatic rings. The summed E-state index contributed by atoms with van der Waals surface area (Å²) >= 11 is 0. The van der Waals surface area contributed by atoms with Crippen molar-refractivity contribution >= 4 is 24.2 Å². The highest BCUT2D eigenvalue weighted by molar-refractivity contribution is 5.92. The molecule has 2 rings (SSSR count). The monoisotopic (exact) mass is 359 g/mol. The van der Waals surface area contributed by atoms with E-state index in [9.17, 15) is 9.59 Å². The molecular formula is C16H26ClN3O4. The van der Waals surface area contributed by atoms with Gasteiger partial charge in [0.15, 0.2) is 5.76 Å². The number of methoxy groups -OCH3 is 1. The third-order valence-electron chi connectivity index (χ3n) is 4.21. The Morgan fingerprint density at radius 1 is 1.29 bits per heavy atom. The third kappa shape index (κ3) is 4.96. The van der Waals surface area contributed by atoms with Gasteiger partial charge in [-0.3, -0.25) is 9.59 Å². The minimum atomic E-state index is -0.722. The summed E-state index contributed by atoms with van der Waals surface area (Å²) in [6, 6.07) is 1.75. The van der Waals surface area contributed by atoms with Crippen molar-refractivity contribution in [3.8, 4) is 0 Å². The summed E-state index contributed by atoms with van der Waals surface area (Å²) in [5.74, 6) is 0.0299. The minimum Gasteiger partial charge on any atom is -0.459 e. The number of carbonyl (C=O) groups is 2. The number of nitrogens with one attached hydrogen (secondary N) is 3. The highest BCUT2D eigenvalue weighted by atomic mass is 35.5. The molecular weight excluding hydrogens is 334 g/mol. The number of hydrogen-bond acceptors (Lipinski definition) is 5. The molecule has 2 heterocycles. The molecule has 2 amide bonds. The molecule has 0 unspecified atom stereocenters. The van der Waals surface area contributed by atoms with Crippen molar-refractivity contribution in [1.82, 2.24) is 16.0 Å². The van der Waals surface area contributed by atoms with Crippen LogP contribution in [0.2, 0.25) is 0 Å². The molecule has 1 aliphatic heterocycles. The maximum atomic E-state index is 12.3. The van der Waals surface area contributed by atoms with Crippen LogP contribution in [0.1, 0.15) is 35.4 Å². The number of carbonyl (C=O) groups excluding carboxylic acids is 2. The average Bonchev–Trinajstić information content (AvgIpc) is 3.01. The van der Waals surface area contributed by atoms with Crippen molar-refractivity contribution in [2.45, 2.75) is 31.8 Å². The van der Waals surface area contributed by atoms with Crippen LogP contribution in [-0.4, -0.2) is 50.7 Å². The predicted molar refractivity (Wildman–Crippen MR) is 92.5 cm³/mol. The van der Waals surface area contributed by atoms with Crippen LogP contribution in [0.25, 0.3) is 0 Å². The molecule has 24 heavy (non-hydrogen) atoms. The second kappa shape index (κ2) is 9.66. The SMILES string of the molecule is COC1(C(=O)NCCCNC(=O)c2occc2C)CCNCC1.Cl. The van der Waals surface area contributed by atoms with Crippen molar-refractivity contribution in [3.05, 3.63) is 23.7 Å². The van der Waals surface area contributed by atoms with E-state index in [0.717, 1.165) is 18.7 Å². The van der Waals surface area contributed by atoms with E-state index >= 15 is 0 Å². The Balaban J connectivity index is 0.00000288. The van der Waals surface area contributed by atoms with E-state index in [-0.39, 0.29) is 24.2 Å². The zero-order chi connectivity index (χ0) is 16.7. The van der Waals surface area contributed by atoms with Crippen LogP contribution < -0.4 is 16.0 Å². The van der Waals surface area contributed by atoms with E-state index in [1.165, 1.54) is 6.26 Å². The second-order valence-corrected chi connectivity index (χ2v) is 5.75. The van der Waals surface area contributed by atoms with Crippen molar-refractivity contribution in [2.24, 2.45) is 0 Å². The molecule has 0 atom stereocenters. The number of furan rings is 1. The van der Waals surface area contributed by atoms with Gasteiger partial charge < -0.3 is 25.1 Å². The summed E-state index contributed by atoms with van der Waals surface area (Å²) in [7, 11) is 1.58. The summed E-state index contributed by atoms with van der Waals surface area (Å²) in [6.07, 6.45) is 3.48. The first-order valence-electron chi connectivity index (χ1n) is 7.95. The van der Waals surface area contributed by atoms with Gasteiger partial charge >= 0.3 is 0 Å². The number of piperidine rings is 1. The third-order valence-corrected chi connectivity index (χ3v) is 4.21. The number of hydrogen-bond donors (Lipinski definition) is 3. The molecule has 3 N–H and O–H groups in total. The first kappa shape index (κ1) is 20.5. The van der Waals surface area contributed by atoms with Gasteiger partial charge in [-0.2, -0.15) is 0 Å². The highest BCUT2D eigenvalue weighted by Crippen LogP contribution is 2.22. The molecule has 136 valence electrons. The van der Waals surface area contributed by atoms with Crippen molar-refractivity contribution in [3.63, 3.8) is 0 Å². The van der Waals surface area contributed by atoms with E-state index in [4.69, 9.17) is 9.15 Å². The van der Waals surface area contributed by atoms with Crippen molar-refractivity contribution in [1.29, 1.82) is 0 Å². The molecule has 7 nitrogen and oxygen atoms in total. The van der Waals surface area contributed by atoms with Gasteiger partial charge in [0.2, 0.25) is 0 Å². The van der Waals surface area contributed by atoms with Crippen LogP contribution in [0.4, 0.5) is 0 Å². The minimum absolute atomic E-state index is 0. The lowest BCUT2D eigenvalue weighted by Gasteiger charge is -2.34. The molecule has 1 fully saturated rings. The summed E-state index contributed by atoms with van der Waals surface area (Å²) in [5.41, 5.74) is 0.0866. The molecule has 8 heteroatoms. The molecule has 0 radical (unpaired) electrons. The maximum Gasteiger partial charge on any atom is 0.287 e. The zero-order valence-corrected chi connectivity index (χ0v) is 15.0. The van der Waals surface area contributed by atoms with Gasteiger partial charge in [0, 0.05) is 25.8 Å². The fourth-order valence-electron chi connectivity index (χ4n) is 2.69. The quantitative estimate of drug-likeness (QED) is 0.632.